The number of nitrogens with one attached hydrogen (secondary N) is 3. The lowest BCUT2D eigenvalue weighted by Crippen LogP contribution is -2.11. The quantitative estimate of drug-likeness (QED) is 0.108. The Morgan fingerprint density at radius 2 is 1.45 bits per heavy atom. The number of hydrogen-bond donors (Lipinski definition) is 5. The monoisotopic (exact) mass is 507 g/mol. The van der Waals surface area contributed by atoms with E-state index in [0.29, 0.717) is 34.7 Å². The zero-order valence-corrected chi connectivity index (χ0v) is 21.0. The standard InChI is InChI=1S/C29H29N7O2/c1-18-27(38-17-19-2-4-22(5-3-19)28(30)31)26(16-36-37)24(14-34-18)15-35-25-12-10-21(11-13-25)20-6-8-23(9-7-20)29(32)33/h2-14,35H,15-17H2,1H3,(H3,30,31)(H3,32,33). The first-order chi connectivity index (χ1) is 18.4. The molecule has 0 amide bonds. The normalized spacial score (nSPS) is 10.6. The van der Waals surface area contributed by atoms with Gasteiger partial charge in [-0.25, -0.2) is 0 Å². The fraction of sp³-hybridized carbons (Fsp3) is 0.138. The maximum Gasteiger partial charge on any atom is 0.146 e. The molecule has 0 saturated heterocycles. The van der Waals surface area contributed by atoms with Crippen molar-refractivity contribution >= 4 is 17.4 Å². The van der Waals surface area contributed by atoms with Gasteiger partial charge in [-0.1, -0.05) is 65.8 Å². The highest BCUT2D eigenvalue weighted by molar-refractivity contribution is 5.95. The number of amidine groups is 2. The molecule has 1 heterocycles. The van der Waals surface area contributed by atoms with Crippen molar-refractivity contribution in [1.29, 1.82) is 10.8 Å². The molecule has 0 aliphatic carbocycles. The molecule has 0 radical (unpaired) electrons. The third kappa shape index (κ3) is 6.19. The van der Waals surface area contributed by atoms with Crippen LogP contribution < -0.4 is 21.5 Å². The predicted molar refractivity (Wildman–Crippen MR) is 150 cm³/mol. The van der Waals surface area contributed by atoms with E-state index in [0.717, 1.165) is 27.9 Å². The third-order valence-corrected chi connectivity index (χ3v) is 6.17. The van der Waals surface area contributed by atoms with Gasteiger partial charge >= 0.3 is 0 Å². The van der Waals surface area contributed by atoms with Gasteiger partial charge in [0.2, 0.25) is 0 Å². The van der Waals surface area contributed by atoms with Gasteiger partial charge in [-0.2, -0.15) is 4.91 Å². The van der Waals surface area contributed by atoms with Crippen molar-refractivity contribution < 1.29 is 4.74 Å². The lowest BCUT2D eigenvalue weighted by atomic mass is 10.0. The summed E-state index contributed by atoms with van der Waals surface area (Å²) in [6.45, 7) is 2.52. The van der Waals surface area contributed by atoms with Gasteiger partial charge in [0, 0.05) is 35.1 Å². The first-order valence-electron chi connectivity index (χ1n) is 12.0. The number of anilines is 1. The average Bonchev–Trinajstić information content (AvgIpc) is 2.93. The van der Waals surface area contributed by atoms with E-state index in [1.165, 1.54) is 0 Å². The Labute approximate surface area is 220 Å². The number of aryl methyl sites for hydroxylation is 1. The molecule has 0 saturated carbocycles. The molecule has 9 nitrogen and oxygen atoms in total. The third-order valence-electron chi connectivity index (χ3n) is 6.17. The molecule has 0 unspecified atom stereocenters. The van der Waals surface area contributed by atoms with Crippen LogP contribution in [0.5, 0.6) is 5.75 Å². The van der Waals surface area contributed by atoms with Gasteiger partial charge in [0.25, 0.3) is 0 Å². The molecular formula is C29H29N7O2. The second-order valence-electron chi connectivity index (χ2n) is 8.78. The Balaban J connectivity index is 1.46. The van der Waals surface area contributed by atoms with E-state index in [-0.39, 0.29) is 24.8 Å². The van der Waals surface area contributed by atoms with Crippen LogP contribution in [0.4, 0.5) is 5.69 Å². The first kappa shape index (κ1) is 26.0. The van der Waals surface area contributed by atoms with E-state index in [4.69, 9.17) is 27.0 Å². The number of rotatable bonds is 11. The zero-order valence-electron chi connectivity index (χ0n) is 21.0. The summed E-state index contributed by atoms with van der Waals surface area (Å²) >= 11 is 0. The Kier molecular flexibility index (Phi) is 8.07. The summed E-state index contributed by atoms with van der Waals surface area (Å²) in [6, 6.07) is 22.8. The smallest absolute Gasteiger partial charge is 0.146 e. The maximum absolute atomic E-state index is 11.3. The van der Waals surface area contributed by atoms with Gasteiger partial charge in [0.1, 0.15) is 30.6 Å². The van der Waals surface area contributed by atoms with Crippen molar-refractivity contribution in [3.8, 4) is 16.9 Å². The molecule has 38 heavy (non-hydrogen) atoms. The van der Waals surface area contributed by atoms with Gasteiger partial charge < -0.3 is 21.5 Å². The lowest BCUT2D eigenvalue weighted by molar-refractivity contribution is 0.299. The molecule has 192 valence electrons. The van der Waals surface area contributed by atoms with Crippen LogP contribution in [0.2, 0.25) is 0 Å². The Hall–Kier alpha value is -5.05. The number of nitrogens with two attached hydrogens (primary N) is 2. The van der Waals surface area contributed by atoms with Crippen LogP contribution in [-0.2, 0) is 19.7 Å². The number of ether oxygens (including phenoxy) is 1. The molecule has 7 N–H and O–H groups in total. The van der Waals surface area contributed by atoms with Crippen LogP contribution in [-0.4, -0.2) is 16.7 Å². The highest BCUT2D eigenvalue weighted by Gasteiger charge is 2.15. The Bertz CT molecular complexity index is 1450. The molecule has 0 aliphatic rings. The summed E-state index contributed by atoms with van der Waals surface area (Å²) in [5.74, 6) is 0.599. The molecule has 1 aromatic heterocycles. The van der Waals surface area contributed by atoms with Gasteiger partial charge in [0.15, 0.2) is 0 Å². The number of nitrogen functional groups attached to an aromatic ring is 2. The van der Waals surface area contributed by atoms with Crippen LogP contribution in [0.3, 0.4) is 0 Å². The van der Waals surface area contributed by atoms with E-state index in [2.05, 4.69) is 15.5 Å². The number of aromatic nitrogens is 1. The summed E-state index contributed by atoms with van der Waals surface area (Å²) in [6.07, 6.45) is 1.74. The molecule has 3 aromatic carbocycles. The number of pyridine rings is 1. The highest BCUT2D eigenvalue weighted by Crippen LogP contribution is 2.28. The minimum Gasteiger partial charge on any atom is -0.487 e. The van der Waals surface area contributed by atoms with Gasteiger partial charge in [-0.3, -0.25) is 15.8 Å². The fourth-order valence-electron chi connectivity index (χ4n) is 4.01. The predicted octanol–water partition coefficient (Wildman–Crippen LogP) is 5.08. The molecule has 0 atom stereocenters. The Morgan fingerprint density at radius 3 is 2.00 bits per heavy atom. The minimum absolute atomic E-state index is 0.00928. The highest BCUT2D eigenvalue weighted by atomic mass is 16.5. The van der Waals surface area contributed by atoms with E-state index >= 15 is 0 Å². The van der Waals surface area contributed by atoms with Crippen molar-refractivity contribution in [2.24, 2.45) is 16.6 Å². The van der Waals surface area contributed by atoms with E-state index < -0.39 is 0 Å². The Morgan fingerprint density at radius 1 is 0.895 bits per heavy atom. The molecule has 9 heteroatoms. The van der Waals surface area contributed by atoms with Gasteiger partial charge in [-0.15, -0.1) is 0 Å². The van der Waals surface area contributed by atoms with Crippen LogP contribution in [0, 0.1) is 22.6 Å². The summed E-state index contributed by atoms with van der Waals surface area (Å²) in [7, 11) is 0. The van der Waals surface area contributed by atoms with Crippen LogP contribution in [0.1, 0.15) is 33.5 Å². The molecule has 0 aliphatic heterocycles. The number of nitroso groups, excluding NO2 is 1. The molecular weight excluding hydrogens is 478 g/mol. The second-order valence-corrected chi connectivity index (χ2v) is 8.78. The largest absolute Gasteiger partial charge is 0.487 e. The van der Waals surface area contributed by atoms with Crippen molar-refractivity contribution in [2.75, 3.05) is 5.32 Å². The SMILES string of the molecule is Cc1ncc(CNc2ccc(-c3ccc(C(=N)N)cc3)cc2)c(CN=O)c1OCc1ccc(C(=N)N)cc1. The van der Waals surface area contributed by atoms with Gasteiger partial charge in [-0.05, 0) is 41.3 Å². The van der Waals surface area contributed by atoms with Crippen LogP contribution in [0.25, 0.3) is 11.1 Å². The van der Waals surface area contributed by atoms with Crippen LogP contribution >= 0.6 is 0 Å². The number of benzene rings is 3. The molecule has 0 fully saturated rings. The molecule has 4 rings (SSSR count). The minimum atomic E-state index is -0.0336. The fourth-order valence-corrected chi connectivity index (χ4v) is 4.01. The number of hydrogen-bond acceptors (Lipinski definition) is 7. The topological polar surface area (TPSA) is 163 Å². The molecule has 0 spiro atoms. The molecule has 4 aromatic rings. The maximum atomic E-state index is 11.3. The van der Waals surface area contributed by atoms with Crippen molar-refractivity contribution in [2.45, 2.75) is 26.6 Å². The summed E-state index contributed by atoms with van der Waals surface area (Å²) < 4.78 is 6.09. The summed E-state index contributed by atoms with van der Waals surface area (Å²) in [5.41, 5.74) is 18.5. The zero-order chi connectivity index (χ0) is 27.1. The van der Waals surface area contributed by atoms with E-state index in [1.54, 1.807) is 18.3 Å². The summed E-state index contributed by atoms with van der Waals surface area (Å²) in [4.78, 5) is 15.8. The summed E-state index contributed by atoms with van der Waals surface area (Å²) in [5, 5.41) is 21.6. The van der Waals surface area contributed by atoms with Crippen molar-refractivity contribution in [3.05, 3.63) is 117 Å². The first-order valence-corrected chi connectivity index (χ1v) is 12.0. The molecule has 0 bridgehead atoms. The average molecular weight is 508 g/mol. The van der Waals surface area contributed by atoms with Gasteiger partial charge in [0.05, 0.1) is 5.69 Å². The second kappa shape index (κ2) is 11.8. The van der Waals surface area contributed by atoms with E-state index in [9.17, 15) is 4.91 Å². The van der Waals surface area contributed by atoms with Crippen LogP contribution in [0.15, 0.2) is 84.2 Å². The lowest BCUT2D eigenvalue weighted by Gasteiger charge is -2.17. The van der Waals surface area contributed by atoms with Crippen molar-refractivity contribution in [1.82, 2.24) is 4.98 Å². The number of nitrogens with zero attached hydrogens (tertiary/aromatic N) is 2. The van der Waals surface area contributed by atoms with Crippen molar-refractivity contribution in [3.63, 3.8) is 0 Å². The van der Waals surface area contributed by atoms with E-state index in [1.807, 2.05) is 67.6 Å².